The van der Waals surface area contributed by atoms with Crippen LogP contribution < -0.4 is 10.2 Å². The molecule has 2 aliphatic rings. The van der Waals surface area contributed by atoms with Crippen LogP contribution in [0.25, 0.3) is 0 Å². The Morgan fingerprint density at radius 1 is 1.26 bits per heavy atom. The van der Waals surface area contributed by atoms with Crippen LogP contribution >= 0.6 is 27.7 Å². The average molecular weight is 526 g/mol. The van der Waals surface area contributed by atoms with Gasteiger partial charge in [0.15, 0.2) is 15.0 Å². The Hall–Kier alpha value is -1.91. The summed E-state index contributed by atoms with van der Waals surface area (Å²) in [5.74, 6) is -0.761. The number of fused-ring (bicyclic) bond motifs is 1. The number of anilines is 2. The van der Waals surface area contributed by atoms with E-state index in [9.17, 15) is 17.6 Å². The number of nitrogens with one attached hydrogen (secondary N) is 1. The molecule has 2 atom stereocenters. The van der Waals surface area contributed by atoms with Gasteiger partial charge in [0.1, 0.15) is 5.82 Å². The van der Waals surface area contributed by atoms with Crippen molar-refractivity contribution in [2.75, 3.05) is 27.5 Å². The predicted octanol–water partition coefficient (Wildman–Crippen LogP) is 3.92. The van der Waals surface area contributed by atoms with E-state index in [2.05, 4.69) is 26.2 Å². The Kier molecular flexibility index (Phi) is 6.15. The Labute approximate surface area is 193 Å². The molecule has 0 bridgehead atoms. The summed E-state index contributed by atoms with van der Waals surface area (Å²) in [6, 6.07) is 9.53. The molecule has 1 saturated heterocycles. The van der Waals surface area contributed by atoms with Gasteiger partial charge in [-0.2, -0.15) is 0 Å². The highest BCUT2D eigenvalue weighted by atomic mass is 79.9. The van der Waals surface area contributed by atoms with Gasteiger partial charge in [-0.05, 0) is 49.2 Å². The number of hydrogen-bond acceptors (Lipinski definition) is 6. The Morgan fingerprint density at radius 2 is 2.03 bits per heavy atom. The van der Waals surface area contributed by atoms with Crippen molar-refractivity contribution in [3.8, 4) is 0 Å². The number of carbonyl (C=O) groups excluding carboxylic acids is 1. The molecule has 0 spiro atoms. The topological polar surface area (TPSA) is 78.8 Å². The molecule has 10 heteroatoms. The van der Waals surface area contributed by atoms with Gasteiger partial charge in [0.05, 0.1) is 35.0 Å². The molecular weight excluding hydrogens is 505 g/mol. The summed E-state index contributed by atoms with van der Waals surface area (Å²) in [6.07, 6.45) is 0. The van der Waals surface area contributed by atoms with Gasteiger partial charge in [0.2, 0.25) is 5.91 Å². The molecule has 1 fully saturated rings. The monoisotopic (exact) mass is 525 g/mol. The van der Waals surface area contributed by atoms with Crippen LogP contribution in [0.2, 0.25) is 0 Å². The fraction of sp³-hybridized carbons (Fsp3) is 0.333. The molecule has 6 nitrogen and oxygen atoms in total. The maximum Gasteiger partial charge on any atom is 0.234 e. The van der Waals surface area contributed by atoms with Crippen LogP contribution in [-0.4, -0.2) is 48.8 Å². The minimum atomic E-state index is -3.24. The maximum absolute atomic E-state index is 14.7. The van der Waals surface area contributed by atoms with E-state index in [1.165, 1.54) is 17.8 Å². The molecule has 31 heavy (non-hydrogen) atoms. The number of halogens is 2. The van der Waals surface area contributed by atoms with Crippen molar-refractivity contribution in [1.82, 2.24) is 0 Å². The van der Waals surface area contributed by atoms with E-state index in [0.717, 1.165) is 16.8 Å². The summed E-state index contributed by atoms with van der Waals surface area (Å²) in [4.78, 5) is 18.7. The molecule has 2 aromatic carbocycles. The first-order valence-corrected chi connectivity index (χ1v) is 13.3. The largest absolute Gasteiger partial charge is 0.325 e. The van der Waals surface area contributed by atoms with Crippen LogP contribution in [0.15, 0.2) is 45.9 Å². The zero-order chi connectivity index (χ0) is 22.3. The highest BCUT2D eigenvalue weighted by Crippen LogP contribution is 2.37. The van der Waals surface area contributed by atoms with Crippen LogP contribution in [0.4, 0.5) is 15.8 Å². The van der Waals surface area contributed by atoms with Crippen LogP contribution in [-0.2, 0) is 14.6 Å². The molecule has 2 aliphatic heterocycles. The SMILES string of the molecule is Cc1ccc(C)c(NC(=O)CSC2=N[C@@H]3CS(=O)(=O)C[C@@H]3N2c2ccc(Br)cc2F)c1. The van der Waals surface area contributed by atoms with Crippen molar-refractivity contribution >= 4 is 60.0 Å². The zero-order valence-corrected chi connectivity index (χ0v) is 20.2. The zero-order valence-electron chi connectivity index (χ0n) is 16.9. The van der Waals surface area contributed by atoms with Crippen molar-refractivity contribution in [1.29, 1.82) is 0 Å². The molecule has 0 saturated carbocycles. The third-order valence-electron chi connectivity index (χ3n) is 5.28. The molecule has 2 heterocycles. The molecule has 0 aliphatic carbocycles. The second-order valence-corrected chi connectivity index (χ2v) is 11.8. The van der Waals surface area contributed by atoms with Crippen LogP contribution in [0, 0.1) is 19.7 Å². The first-order chi connectivity index (χ1) is 14.6. The van der Waals surface area contributed by atoms with Gasteiger partial charge in [0, 0.05) is 10.2 Å². The molecule has 1 amide bonds. The summed E-state index contributed by atoms with van der Waals surface area (Å²) in [5.41, 5.74) is 3.01. The number of aliphatic imine (C=N–C) groups is 1. The summed E-state index contributed by atoms with van der Waals surface area (Å²) >= 11 is 4.43. The third-order valence-corrected chi connectivity index (χ3v) is 8.44. The van der Waals surface area contributed by atoms with Gasteiger partial charge in [-0.15, -0.1) is 0 Å². The van der Waals surface area contributed by atoms with Crippen molar-refractivity contribution in [2.45, 2.75) is 25.9 Å². The minimum Gasteiger partial charge on any atom is -0.325 e. The van der Waals surface area contributed by atoms with E-state index < -0.39 is 27.7 Å². The highest BCUT2D eigenvalue weighted by Gasteiger charge is 2.47. The lowest BCUT2D eigenvalue weighted by atomic mass is 10.1. The summed E-state index contributed by atoms with van der Waals surface area (Å²) in [5, 5.41) is 3.36. The number of rotatable bonds is 4. The van der Waals surface area contributed by atoms with E-state index in [-0.39, 0.29) is 28.9 Å². The Balaban J connectivity index is 1.54. The van der Waals surface area contributed by atoms with Gasteiger partial charge >= 0.3 is 0 Å². The Bertz CT molecular complexity index is 1190. The number of aryl methyl sites for hydroxylation is 2. The van der Waals surface area contributed by atoms with Crippen LogP contribution in [0.3, 0.4) is 0 Å². The predicted molar refractivity (Wildman–Crippen MR) is 127 cm³/mol. The van der Waals surface area contributed by atoms with E-state index in [4.69, 9.17) is 0 Å². The number of hydrogen-bond donors (Lipinski definition) is 1. The van der Waals surface area contributed by atoms with Gasteiger partial charge in [-0.3, -0.25) is 9.79 Å². The van der Waals surface area contributed by atoms with Crippen molar-refractivity contribution in [3.05, 3.63) is 57.8 Å². The molecule has 0 aromatic heterocycles. The molecule has 164 valence electrons. The van der Waals surface area contributed by atoms with E-state index in [1.54, 1.807) is 17.0 Å². The maximum atomic E-state index is 14.7. The standard InChI is InChI=1S/C21H21BrFN3O3S2/c1-12-3-4-13(2)16(7-12)24-20(27)9-30-21-25-17-10-31(28,29)11-19(17)26(21)18-6-5-14(22)8-15(18)23/h3-8,17,19H,9-11H2,1-2H3,(H,24,27)/t17-,19+/m1/s1. The lowest BCUT2D eigenvalue weighted by molar-refractivity contribution is -0.113. The van der Waals surface area contributed by atoms with Gasteiger partial charge in [0.25, 0.3) is 0 Å². The van der Waals surface area contributed by atoms with Crippen LogP contribution in [0.1, 0.15) is 11.1 Å². The lowest BCUT2D eigenvalue weighted by Crippen LogP contribution is -2.40. The van der Waals surface area contributed by atoms with Crippen molar-refractivity contribution < 1.29 is 17.6 Å². The highest BCUT2D eigenvalue weighted by molar-refractivity contribution is 9.10. The lowest BCUT2D eigenvalue weighted by Gasteiger charge is -2.26. The molecule has 2 aromatic rings. The van der Waals surface area contributed by atoms with Gasteiger partial charge in [-0.25, -0.2) is 12.8 Å². The molecule has 4 rings (SSSR count). The first kappa shape index (κ1) is 22.3. The average Bonchev–Trinajstić information content (AvgIpc) is 3.14. The normalized spacial score (nSPS) is 21.7. The van der Waals surface area contributed by atoms with E-state index in [0.29, 0.717) is 9.64 Å². The number of nitrogens with zero attached hydrogens (tertiary/aromatic N) is 2. The molecule has 0 radical (unpaired) electrons. The number of amidine groups is 1. The quantitative estimate of drug-likeness (QED) is 0.654. The van der Waals surface area contributed by atoms with E-state index >= 15 is 0 Å². The van der Waals surface area contributed by atoms with Crippen molar-refractivity contribution in [3.63, 3.8) is 0 Å². The summed E-state index contributed by atoms with van der Waals surface area (Å²) < 4.78 is 39.6. The number of sulfone groups is 1. The third kappa shape index (κ3) is 4.80. The summed E-state index contributed by atoms with van der Waals surface area (Å²) in [6.45, 7) is 3.87. The molecule has 1 N–H and O–H groups in total. The molecule has 0 unspecified atom stereocenters. The number of amides is 1. The number of carbonyl (C=O) groups is 1. The second-order valence-electron chi connectivity index (χ2n) is 7.74. The fourth-order valence-electron chi connectivity index (χ4n) is 3.78. The fourth-order valence-corrected chi connectivity index (χ4v) is 6.87. The Morgan fingerprint density at radius 3 is 2.77 bits per heavy atom. The van der Waals surface area contributed by atoms with Gasteiger partial charge in [-0.1, -0.05) is 39.8 Å². The number of benzene rings is 2. The first-order valence-electron chi connectivity index (χ1n) is 9.65. The smallest absolute Gasteiger partial charge is 0.234 e. The number of thioether (sulfide) groups is 1. The molecular formula is C21H21BrFN3O3S2. The van der Waals surface area contributed by atoms with E-state index in [1.807, 2.05) is 32.0 Å². The second kappa shape index (κ2) is 8.55. The van der Waals surface area contributed by atoms with Crippen molar-refractivity contribution in [2.24, 2.45) is 4.99 Å². The minimum absolute atomic E-state index is 0.0644. The summed E-state index contributed by atoms with van der Waals surface area (Å²) in [7, 11) is -3.24. The van der Waals surface area contributed by atoms with Crippen LogP contribution in [0.5, 0.6) is 0 Å². The van der Waals surface area contributed by atoms with Gasteiger partial charge < -0.3 is 10.2 Å².